The molecule has 30 heavy (non-hydrogen) atoms. The zero-order valence-electron chi connectivity index (χ0n) is 18.1. The third-order valence-corrected chi connectivity index (χ3v) is 5.47. The van der Waals surface area contributed by atoms with Crippen molar-refractivity contribution in [2.75, 3.05) is 19.0 Å². The van der Waals surface area contributed by atoms with E-state index in [4.69, 9.17) is 16.0 Å². The molecule has 0 fully saturated rings. The number of hydrogen-bond acceptors (Lipinski definition) is 3. The van der Waals surface area contributed by atoms with Gasteiger partial charge in [-0.1, -0.05) is 19.1 Å². The van der Waals surface area contributed by atoms with E-state index in [0.29, 0.717) is 12.3 Å². The van der Waals surface area contributed by atoms with Gasteiger partial charge in [-0.2, -0.15) is 0 Å². The van der Waals surface area contributed by atoms with Gasteiger partial charge in [0.15, 0.2) is 0 Å². The molecule has 0 atom stereocenters. The highest BCUT2D eigenvalue weighted by atomic mass is 35.5. The molecule has 0 N–H and O–H groups in total. The van der Waals surface area contributed by atoms with Crippen molar-refractivity contribution in [3.63, 3.8) is 0 Å². The molecule has 0 aliphatic carbocycles. The van der Waals surface area contributed by atoms with E-state index in [0.717, 1.165) is 17.7 Å². The van der Waals surface area contributed by atoms with Crippen LogP contribution in [0.1, 0.15) is 44.3 Å². The number of aryl methyl sites for hydroxylation is 1. The molecule has 0 saturated heterocycles. The summed E-state index contributed by atoms with van der Waals surface area (Å²) in [4.78, 5) is 29.3. The zero-order chi connectivity index (χ0) is 22.3. The second-order valence-corrected chi connectivity index (χ2v) is 8.40. The molecular formula is C23H30ClFN2O3. The molecule has 5 nitrogen and oxygen atoms in total. The maximum absolute atomic E-state index is 13.3. The number of hydrogen-bond donors (Lipinski definition) is 0. The van der Waals surface area contributed by atoms with Crippen LogP contribution in [0.3, 0.4) is 0 Å². The smallest absolute Gasteiger partial charge is 0.242 e. The van der Waals surface area contributed by atoms with Crippen LogP contribution in [-0.4, -0.2) is 40.6 Å². The fraction of sp³-hybridized carbons (Fsp3) is 0.478. The van der Waals surface area contributed by atoms with Gasteiger partial charge in [-0.25, -0.2) is 4.39 Å². The Hall–Kier alpha value is -2.34. The van der Waals surface area contributed by atoms with Gasteiger partial charge in [0.25, 0.3) is 0 Å². The summed E-state index contributed by atoms with van der Waals surface area (Å²) in [6.07, 6.45) is 0.729. The fourth-order valence-corrected chi connectivity index (χ4v) is 3.19. The molecule has 1 aromatic carbocycles. The van der Waals surface area contributed by atoms with Gasteiger partial charge in [0.2, 0.25) is 11.8 Å². The van der Waals surface area contributed by atoms with Crippen LogP contribution < -0.4 is 0 Å². The highest BCUT2D eigenvalue weighted by molar-refractivity contribution is 6.19. The van der Waals surface area contributed by atoms with Crippen LogP contribution >= 0.6 is 11.6 Å². The summed E-state index contributed by atoms with van der Waals surface area (Å²) in [6, 6.07) is 9.69. The summed E-state index contributed by atoms with van der Waals surface area (Å²) in [6.45, 7) is 8.31. The minimum Gasteiger partial charge on any atom is -0.464 e. The molecule has 0 aliphatic rings. The number of carbonyl (C=O) groups is 2. The Morgan fingerprint density at radius 2 is 1.73 bits per heavy atom. The summed E-state index contributed by atoms with van der Waals surface area (Å²) in [5.41, 5.74) is 0.0409. The fourth-order valence-electron chi connectivity index (χ4n) is 3.07. The molecule has 0 unspecified atom stereocenters. The van der Waals surface area contributed by atoms with Gasteiger partial charge in [-0.3, -0.25) is 9.59 Å². The van der Waals surface area contributed by atoms with Crippen LogP contribution in [0.15, 0.2) is 40.8 Å². The molecule has 0 aliphatic heterocycles. The zero-order valence-corrected chi connectivity index (χ0v) is 18.8. The summed E-state index contributed by atoms with van der Waals surface area (Å²) in [5.74, 6) is 0.888. The number of amides is 2. The van der Waals surface area contributed by atoms with Gasteiger partial charge in [0.05, 0.1) is 18.5 Å². The summed E-state index contributed by atoms with van der Waals surface area (Å²) >= 11 is 5.98. The Morgan fingerprint density at radius 1 is 1.07 bits per heavy atom. The first-order valence-electron chi connectivity index (χ1n) is 10.1. The van der Waals surface area contributed by atoms with Crippen LogP contribution in [-0.2, 0) is 22.7 Å². The van der Waals surface area contributed by atoms with Gasteiger partial charge in [-0.15, -0.1) is 11.6 Å². The molecular weight excluding hydrogens is 407 g/mol. The first kappa shape index (κ1) is 23.9. The predicted octanol–water partition coefficient (Wildman–Crippen LogP) is 4.76. The number of benzene rings is 1. The predicted molar refractivity (Wildman–Crippen MR) is 115 cm³/mol. The SMILES string of the molecule is CCCN(CC(=O)N(Cc1ccc(F)cc1)Cc1ccc(C)o1)C(=O)C(C)(C)CCl. The van der Waals surface area contributed by atoms with Crippen molar-refractivity contribution in [3.8, 4) is 0 Å². The normalized spacial score (nSPS) is 11.4. The number of carbonyl (C=O) groups excluding carboxylic acids is 2. The van der Waals surface area contributed by atoms with Gasteiger partial charge < -0.3 is 14.2 Å². The van der Waals surface area contributed by atoms with E-state index in [-0.39, 0.29) is 43.1 Å². The summed E-state index contributed by atoms with van der Waals surface area (Å²) in [5, 5.41) is 0. The van der Waals surface area contributed by atoms with Gasteiger partial charge >= 0.3 is 0 Å². The monoisotopic (exact) mass is 436 g/mol. The lowest BCUT2D eigenvalue weighted by molar-refractivity contribution is -0.146. The molecule has 1 aromatic heterocycles. The Bertz CT molecular complexity index is 848. The number of halogens is 2. The standard InChI is InChI=1S/C23H30ClFN2O3/c1-5-12-26(22(29)23(3,4)16-24)15-21(28)27(14-20-11-6-17(2)30-20)13-18-7-9-19(25)10-8-18/h6-11H,5,12-16H2,1-4H3. The van der Waals surface area contributed by atoms with E-state index in [1.807, 2.05) is 26.0 Å². The first-order valence-corrected chi connectivity index (χ1v) is 10.6. The van der Waals surface area contributed by atoms with Crippen molar-refractivity contribution in [1.29, 1.82) is 0 Å². The molecule has 0 spiro atoms. The third kappa shape index (κ3) is 6.59. The van der Waals surface area contributed by atoms with E-state index < -0.39 is 5.41 Å². The first-order chi connectivity index (χ1) is 14.2. The van der Waals surface area contributed by atoms with Gasteiger partial charge in [0, 0.05) is 19.0 Å². The van der Waals surface area contributed by atoms with Crippen molar-refractivity contribution in [2.24, 2.45) is 5.41 Å². The molecule has 2 aromatic rings. The van der Waals surface area contributed by atoms with E-state index >= 15 is 0 Å². The van der Waals surface area contributed by atoms with Crippen molar-refractivity contribution in [3.05, 3.63) is 59.3 Å². The average molecular weight is 437 g/mol. The second-order valence-electron chi connectivity index (χ2n) is 8.13. The van der Waals surface area contributed by atoms with Crippen molar-refractivity contribution in [2.45, 2.75) is 47.2 Å². The van der Waals surface area contributed by atoms with Gasteiger partial charge in [0.1, 0.15) is 17.3 Å². The number of nitrogens with zero attached hydrogens (tertiary/aromatic N) is 2. The van der Waals surface area contributed by atoms with E-state index in [1.165, 1.54) is 12.1 Å². The van der Waals surface area contributed by atoms with Crippen LogP contribution in [0.2, 0.25) is 0 Å². The lowest BCUT2D eigenvalue weighted by Crippen LogP contribution is -2.47. The van der Waals surface area contributed by atoms with E-state index in [2.05, 4.69) is 0 Å². The maximum atomic E-state index is 13.3. The molecule has 2 amide bonds. The lowest BCUT2D eigenvalue weighted by Gasteiger charge is -2.32. The Morgan fingerprint density at radius 3 is 2.27 bits per heavy atom. The second kappa shape index (κ2) is 10.6. The largest absolute Gasteiger partial charge is 0.464 e. The third-order valence-electron chi connectivity index (χ3n) is 4.80. The van der Waals surface area contributed by atoms with Crippen LogP contribution in [0, 0.1) is 18.2 Å². The van der Waals surface area contributed by atoms with Crippen molar-refractivity contribution < 1.29 is 18.4 Å². The number of rotatable bonds is 10. The maximum Gasteiger partial charge on any atom is 0.242 e. The van der Waals surface area contributed by atoms with Crippen LogP contribution in [0.25, 0.3) is 0 Å². The molecule has 2 rings (SSSR count). The Balaban J connectivity index is 2.22. The Kier molecular flexibility index (Phi) is 8.47. The molecule has 1 heterocycles. The Labute approximate surface area is 182 Å². The number of furan rings is 1. The summed E-state index contributed by atoms with van der Waals surface area (Å²) < 4.78 is 18.9. The van der Waals surface area contributed by atoms with Crippen LogP contribution in [0.4, 0.5) is 4.39 Å². The van der Waals surface area contributed by atoms with E-state index in [1.54, 1.807) is 35.8 Å². The average Bonchev–Trinajstić information content (AvgIpc) is 3.12. The molecule has 7 heteroatoms. The topological polar surface area (TPSA) is 53.8 Å². The highest BCUT2D eigenvalue weighted by Crippen LogP contribution is 2.21. The van der Waals surface area contributed by atoms with Crippen molar-refractivity contribution >= 4 is 23.4 Å². The van der Waals surface area contributed by atoms with Crippen molar-refractivity contribution in [1.82, 2.24) is 9.80 Å². The minimum atomic E-state index is -0.753. The molecule has 0 radical (unpaired) electrons. The summed E-state index contributed by atoms with van der Waals surface area (Å²) in [7, 11) is 0. The molecule has 0 saturated carbocycles. The minimum absolute atomic E-state index is 0.0477. The van der Waals surface area contributed by atoms with Gasteiger partial charge in [-0.05, 0) is 57.0 Å². The molecule has 0 bridgehead atoms. The molecule has 164 valence electrons. The highest BCUT2D eigenvalue weighted by Gasteiger charge is 2.32. The lowest BCUT2D eigenvalue weighted by atomic mass is 9.94. The van der Waals surface area contributed by atoms with E-state index in [9.17, 15) is 14.0 Å². The quantitative estimate of drug-likeness (QED) is 0.504. The van der Waals surface area contributed by atoms with Crippen LogP contribution in [0.5, 0.6) is 0 Å². The number of alkyl halides is 1.